The summed E-state index contributed by atoms with van der Waals surface area (Å²) >= 11 is 0.751. The van der Waals surface area contributed by atoms with Gasteiger partial charge in [0.2, 0.25) is 0 Å². The van der Waals surface area contributed by atoms with Gasteiger partial charge in [-0.25, -0.2) is 0 Å². The summed E-state index contributed by atoms with van der Waals surface area (Å²) in [7, 11) is -3.80. The average Bonchev–Trinajstić information content (AvgIpc) is 2.40. The molecule has 0 aromatic heterocycles. The Bertz CT molecular complexity index is 347. The van der Waals surface area contributed by atoms with Crippen LogP contribution in [-0.2, 0) is 14.9 Å². The molecular weight excluding hydrogens is 313 g/mol. The molecule has 0 amide bonds. The van der Waals surface area contributed by atoms with Crippen molar-refractivity contribution in [1.82, 2.24) is 0 Å². The van der Waals surface area contributed by atoms with Crippen molar-refractivity contribution in [2.24, 2.45) is 5.73 Å². The van der Waals surface area contributed by atoms with Crippen LogP contribution in [0.15, 0.2) is 0 Å². The molecule has 0 rings (SSSR count). The van der Waals surface area contributed by atoms with Crippen LogP contribution in [-0.4, -0.2) is 56.2 Å². The standard InChI is InChI=1S/C13H25O.C2H7NO3S.Na/c1-2-3-4-5-6-7-8-9-10-11-12-13-14;3-1-2-7(4,5)6;/h2-12H2,1H3;1-3H2,(H,4,5,6);. The first-order valence-corrected chi connectivity index (χ1v) is 11.1. The van der Waals surface area contributed by atoms with Gasteiger partial charge in [0, 0.05) is 6.54 Å². The number of nitrogens with two attached hydrogens (primary N) is 1. The van der Waals surface area contributed by atoms with Gasteiger partial charge in [-0.3, -0.25) is 4.55 Å². The smallest absolute Gasteiger partial charge is 0.266 e. The van der Waals surface area contributed by atoms with Crippen LogP contribution in [0.25, 0.3) is 0 Å². The third-order valence-corrected chi connectivity index (χ3v) is 4.51. The minimum Gasteiger partial charge on any atom is -0.329 e. The Balaban J connectivity index is 0. The molecule has 22 heavy (non-hydrogen) atoms. The van der Waals surface area contributed by atoms with Crippen LogP contribution in [0.3, 0.4) is 0 Å². The monoisotopic (exact) mass is 345 g/mol. The normalized spacial score (nSPS) is 11.0. The van der Waals surface area contributed by atoms with Gasteiger partial charge in [-0.05, 0) is 0 Å². The number of unbranched alkanes of at least 4 members (excludes halogenated alkanes) is 9. The van der Waals surface area contributed by atoms with E-state index in [1.165, 1.54) is 57.8 Å². The zero-order valence-corrected chi connectivity index (χ0v) is 17.2. The second-order valence-corrected chi connectivity index (χ2v) is 8.40. The average molecular weight is 345 g/mol. The molecule has 0 fully saturated rings. The predicted octanol–water partition coefficient (Wildman–Crippen LogP) is 2.83. The van der Waals surface area contributed by atoms with Crippen LogP contribution < -0.4 is 5.73 Å². The van der Waals surface area contributed by atoms with E-state index in [-0.39, 0.29) is 12.3 Å². The molecule has 0 atom stereocenters. The van der Waals surface area contributed by atoms with Gasteiger partial charge >= 0.3 is 106 Å². The minimum atomic E-state index is -3.80. The van der Waals surface area contributed by atoms with Gasteiger partial charge in [0.25, 0.3) is 10.1 Å². The van der Waals surface area contributed by atoms with Crippen molar-refractivity contribution >= 4 is 41.1 Å². The van der Waals surface area contributed by atoms with Crippen molar-refractivity contribution in [3.63, 3.8) is 0 Å². The molecule has 0 bridgehead atoms. The van der Waals surface area contributed by atoms with Crippen LogP contribution in [0.2, 0.25) is 0 Å². The van der Waals surface area contributed by atoms with Gasteiger partial charge < -0.3 is 5.73 Å². The Kier molecular flexibility index (Phi) is 20.2. The summed E-state index contributed by atoms with van der Waals surface area (Å²) in [4.78, 5) is 10.7. The van der Waals surface area contributed by atoms with Crippen molar-refractivity contribution in [3.05, 3.63) is 0 Å². The maximum atomic E-state index is 10.7. The Hall–Kier alpha value is 0.540. The van der Waals surface area contributed by atoms with E-state index in [2.05, 4.69) is 6.92 Å². The fraction of sp³-hybridized carbons (Fsp3) is 0.933. The molecule has 3 N–H and O–H groups in total. The van der Waals surface area contributed by atoms with E-state index in [4.69, 9.17) is 10.3 Å². The summed E-state index contributed by atoms with van der Waals surface area (Å²) in [5.74, 6) is -0.354. The van der Waals surface area contributed by atoms with Gasteiger partial charge in [0.15, 0.2) is 0 Å². The second-order valence-electron chi connectivity index (χ2n) is 5.71. The number of rotatable bonds is 13. The SMILES string of the molecule is CCCCCCCCCCCC[C](=O)[Na].NCCS(=O)(=O)O. The van der Waals surface area contributed by atoms with Crippen molar-refractivity contribution in [1.29, 1.82) is 0 Å². The van der Waals surface area contributed by atoms with Gasteiger partial charge in [-0.2, -0.15) is 8.42 Å². The van der Waals surface area contributed by atoms with Gasteiger partial charge in [-0.15, -0.1) is 0 Å². The molecule has 0 heterocycles. The topological polar surface area (TPSA) is 97.5 Å². The minimum absolute atomic E-state index is 0.0289. The number of hydrogen-bond donors (Lipinski definition) is 2. The molecule has 0 aliphatic heterocycles. The Morgan fingerprint density at radius 3 is 1.64 bits per heavy atom. The first kappa shape index (κ1) is 24.8. The fourth-order valence-corrected chi connectivity index (χ4v) is 2.66. The molecule has 0 aliphatic carbocycles. The third-order valence-electron chi connectivity index (χ3n) is 3.26. The Labute approximate surface area is 154 Å². The maximum absolute atomic E-state index is 10.7. The molecule has 0 saturated heterocycles. The van der Waals surface area contributed by atoms with Crippen molar-refractivity contribution in [2.75, 3.05) is 12.3 Å². The number of carbonyl (C=O) groups excluding carboxylic acids is 1. The summed E-state index contributed by atoms with van der Waals surface area (Å²) in [6, 6.07) is 0. The van der Waals surface area contributed by atoms with Crippen molar-refractivity contribution in [2.45, 2.75) is 77.6 Å². The Morgan fingerprint density at radius 1 is 0.955 bits per heavy atom. The predicted molar refractivity (Wildman–Crippen MR) is 92.7 cm³/mol. The van der Waals surface area contributed by atoms with Gasteiger partial charge in [0.05, 0.1) is 5.75 Å². The first-order valence-electron chi connectivity index (χ1n) is 8.48. The molecule has 0 unspecified atom stereocenters. The van der Waals surface area contributed by atoms with E-state index in [1.807, 2.05) is 0 Å². The van der Waals surface area contributed by atoms with Crippen LogP contribution >= 0.6 is 0 Å². The summed E-state index contributed by atoms with van der Waals surface area (Å²) in [5, 5.41) is 0. The summed E-state index contributed by atoms with van der Waals surface area (Å²) in [6.45, 7) is 2.23. The molecule has 0 radical (unpaired) electrons. The summed E-state index contributed by atoms with van der Waals surface area (Å²) in [5.41, 5.74) is 4.78. The van der Waals surface area contributed by atoms with E-state index >= 15 is 0 Å². The molecule has 0 aliphatic rings. The fourth-order valence-electron chi connectivity index (χ4n) is 2.01. The van der Waals surface area contributed by atoms with Crippen LogP contribution in [0, 0.1) is 0 Å². The zero-order chi connectivity index (χ0) is 17.3. The summed E-state index contributed by atoms with van der Waals surface area (Å²) in [6.07, 6.45) is 14.4. The second kappa shape index (κ2) is 17.9. The van der Waals surface area contributed by atoms with Crippen LogP contribution in [0.4, 0.5) is 0 Å². The molecule has 0 spiro atoms. The molecule has 128 valence electrons. The van der Waals surface area contributed by atoms with E-state index in [0.29, 0.717) is 3.03 Å². The molecule has 5 nitrogen and oxygen atoms in total. The van der Waals surface area contributed by atoms with Crippen molar-refractivity contribution < 1.29 is 17.8 Å². The molecule has 0 aromatic rings. The van der Waals surface area contributed by atoms with Gasteiger partial charge in [-0.1, -0.05) is 6.92 Å². The van der Waals surface area contributed by atoms with Gasteiger partial charge in [0.1, 0.15) is 0 Å². The number of carbonyl (C=O) groups is 1. The van der Waals surface area contributed by atoms with E-state index < -0.39 is 10.1 Å². The van der Waals surface area contributed by atoms with Crippen molar-refractivity contribution in [3.8, 4) is 0 Å². The van der Waals surface area contributed by atoms with E-state index in [0.717, 1.165) is 40.8 Å². The van der Waals surface area contributed by atoms with E-state index in [1.54, 1.807) is 0 Å². The summed E-state index contributed by atoms with van der Waals surface area (Å²) < 4.78 is 27.8. The third kappa shape index (κ3) is 28.7. The number of hydrogen-bond acceptors (Lipinski definition) is 4. The first-order chi connectivity index (χ1) is 10.3. The zero-order valence-electron chi connectivity index (χ0n) is 14.3. The maximum Gasteiger partial charge on any atom is 0.266 e. The Morgan fingerprint density at radius 2 is 1.36 bits per heavy atom. The largest absolute Gasteiger partial charge is 0.329 e. The van der Waals surface area contributed by atoms with E-state index in [9.17, 15) is 13.2 Å². The molecular formula is C15H32NNaO4S. The van der Waals surface area contributed by atoms with Crippen LogP contribution in [0.1, 0.15) is 77.6 Å². The quantitative estimate of drug-likeness (QED) is 0.304. The van der Waals surface area contributed by atoms with Crippen LogP contribution in [0.5, 0.6) is 0 Å². The molecule has 0 saturated carbocycles. The molecule has 0 aromatic carbocycles. The molecule has 7 heteroatoms.